The number of aromatic nitrogens is 1. The minimum Gasteiger partial charge on any atom is -0.478 e. The topological polar surface area (TPSA) is 42.2 Å². The molecule has 0 aliphatic rings. The van der Waals surface area contributed by atoms with Gasteiger partial charge >= 0.3 is 5.97 Å². The number of benzene rings is 1. The number of fused-ring (bicyclic) bond motifs is 1. The molecule has 17 heavy (non-hydrogen) atoms. The van der Waals surface area contributed by atoms with Crippen molar-refractivity contribution in [3.63, 3.8) is 0 Å². The zero-order chi connectivity index (χ0) is 12.6. The van der Waals surface area contributed by atoms with Gasteiger partial charge in [-0.2, -0.15) is 0 Å². The molecule has 0 saturated heterocycles. The number of aromatic carboxylic acids is 1. The highest BCUT2D eigenvalue weighted by molar-refractivity contribution is 5.93. The fraction of sp³-hybridized carbons (Fsp3) is 0.357. The van der Waals surface area contributed by atoms with Crippen LogP contribution in [0.2, 0.25) is 0 Å². The van der Waals surface area contributed by atoms with Crippen molar-refractivity contribution in [1.82, 2.24) is 4.57 Å². The lowest BCUT2D eigenvalue weighted by molar-refractivity contribution is 0.0697. The van der Waals surface area contributed by atoms with E-state index in [1.165, 1.54) is 5.69 Å². The van der Waals surface area contributed by atoms with Crippen LogP contribution in [-0.4, -0.2) is 15.6 Å². The van der Waals surface area contributed by atoms with Crippen molar-refractivity contribution < 1.29 is 9.90 Å². The normalized spacial score (nSPS) is 11.3. The van der Waals surface area contributed by atoms with E-state index in [4.69, 9.17) is 5.11 Å². The number of hydrogen-bond donors (Lipinski definition) is 1. The molecule has 0 unspecified atom stereocenters. The second kappa shape index (κ2) is 4.24. The van der Waals surface area contributed by atoms with Gasteiger partial charge in [-0.05, 0) is 36.4 Å². The van der Waals surface area contributed by atoms with Crippen LogP contribution in [0, 0.1) is 12.8 Å². The summed E-state index contributed by atoms with van der Waals surface area (Å²) in [6.07, 6.45) is 0. The predicted octanol–water partition coefficient (Wildman–Crippen LogP) is 3.30. The Morgan fingerprint density at radius 1 is 1.35 bits per heavy atom. The smallest absolute Gasteiger partial charge is 0.335 e. The third-order valence-electron chi connectivity index (χ3n) is 2.91. The van der Waals surface area contributed by atoms with E-state index < -0.39 is 5.97 Å². The summed E-state index contributed by atoms with van der Waals surface area (Å²) in [5.74, 6) is -0.334. The van der Waals surface area contributed by atoms with Gasteiger partial charge in [0.15, 0.2) is 0 Å². The van der Waals surface area contributed by atoms with Crippen LogP contribution in [0.1, 0.15) is 29.9 Å². The summed E-state index contributed by atoms with van der Waals surface area (Å²) in [6, 6.07) is 7.39. The summed E-state index contributed by atoms with van der Waals surface area (Å²) in [5.41, 5.74) is 2.54. The molecular weight excluding hydrogens is 214 g/mol. The maximum absolute atomic E-state index is 11.0. The zero-order valence-electron chi connectivity index (χ0n) is 10.4. The number of carboxylic acids is 1. The number of rotatable bonds is 3. The fourth-order valence-electron chi connectivity index (χ4n) is 2.13. The summed E-state index contributed by atoms with van der Waals surface area (Å²) < 4.78 is 2.19. The first-order valence-electron chi connectivity index (χ1n) is 5.82. The van der Waals surface area contributed by atoms with Crippen LogP contribution >= 0.6 is 0 Å². The molecular formula is C14H17NO2. The zero-order valence-corrected chi connectivity index (χ0v) is 10.4. The largest absolute Gasteiger partial charge is 0.478 e. The Hall–Kier alpha value is -1.77. The molecule has 90 valence electrons. The molecule has 1 aromatic carbocycles. The summed E-state index contributed by atoms with van der Waals surface area (Å²) in [6.45, 7) is 7.29. The molecule has 0 bridgehead atoms. The van der Waals surface area contributed by atoms with Gasteiger partial charge in [-0.25, -0.2) is 4.79 Å². The number of carboxylic acid groups (broad SMARTS) is 1. The Balaban J connectivity index is 2.60. The summed E-state index contributed by atoms with van der Waals surface area (Å²) >= 11 is 0. The highest BCUT2D eigenvalue weighted by Crippen LogP contribution is 2.22. The van der Waals surface area contributed by atoms with Crippen molar-refractivity contribution in [3.05, 3.63) is 35.5 Å². The van der Waals surface area contributed by atoms with E-state index in [2.05, 4.69) is 31.4 Å². The van der Waals surface area contributed by atoms with Crippen molar-refractivity contribution in [2.75, 3.05) is 0 Å². The first-order chi connectivity index (χ1) is 7.99. The van der Waals surface area contributed by atoms with Gasteiger partial charge in [0.25, 0.3) is 0 Å². The lowest BCUT2D eigenvalue weighted by Gasteiger charge is -2.11. The fourth-order valence-corrected chi connectivity index (χ4v) is 2.13. The Labute approximate surface area is 101 Å². The Morgan fingerprint density at radius 3 is 2.65 bits per heavy atom. The molecule has 2 rings (SSSR count). The van der Waals surface area contributed by atoms with Gasteiger partial charge in [-0.1, -0.05) is 19.9 Å². The monoisotopic (exact) mass is 231 g/mol. The second-order valence-corrected chi connectivity index (χ2v) is 4.87. The van der Waals surface area contributed by atoms with Gasteiger partial charge in [0.1, 0.15) is 0 Å². The van der Waals surface area contributed by atoms with E-state index in [9.17, 15) is 4.79 Å². The van der Waals surface area contributed by atoms with Crippen LogP contribution in [-0.2, 0) is 6.54 Å². The van der Waals surface area contributed by atoms with E-state index in [1.54, 1.807) is 12.1 Å². The average Bonchev–Trinajstić information content (AvgIpc) is 2.54. The van der Waals surface area contributed by atoms with Crippen molar-refractivity contribution in [2.45, 2.75) is 27.3 Å². The highest BCUT2D eigenvalue weighted by Gasteiger charge is 2.10. The van der Waals surface area contributed by atoms with Crippen molar-refractivity contribution in [3.8, 4) is 0 Å². The maximum atomic E-state index is 11.0. The van der Waals surface area contributed by atoms with Gasteiger partial charge in [0.05, 0.1) is 5.56 Å². The van der Waals surface area contributed by atoms with Crippen LogP contribution in [0.3, 0.4) is 0 Å². The highest BCUT2D eigenvalue weighted by atomic mass is 16.4. The van der Waals surface area contributed by atoms with E-state index in [0.29, 0.717) is 11.5 Å². The van der Waals surface area contributed by atoms with E-state index in [0.717, 1.165) is 17.4 Å². The lowest BCUT2D eigenvalue weighted by atomic mass is 10.1. The third-order valence-corrected chi connectivity index (χ3v) is 2.91. The van der Waals surface area contributed by atoms with Crippen molar-refractivity contribution in [1.29, 1.82) is 0 Å². The van der Waals surface area contributed by atoms with E-state index in [1.807, 2.05) is 6.07 Å². The molecule has 0 fully saturated rings. The van der Waals surface area contributed by atoms with Gasteiger partial charge in [0, 0.05) is 17.8 Å². The van der Waals surface area contributed by atoms with Gasteiger partial charge in [-0.15, -0.1) is 0 Å². The van der Waals surface area contributed by atoms with Crippen LogP contribution in [0.4, 0.5) is 0 Å². The molecule has 1 aromatic heterocycles. The third kappa shape index (κ3) is 2.18. The first-order valence-corrected chi connectivity index (χ1v) is 5.82. The van der Waals surface area contributed by atoms with Gasteiger partial charge in [-0.3, -0.25) is 0 Å². The van der Waals surface area contributed by atoms with Crippen LogP contribution in [0.15, 0.2) is 24.3 Å². The summed E-state index contributed by atoms with van der Waals surface area (Å²) in [5, 5.41) is 10.1. The molecule has 0 saturated carbocycles. The van der Waals surface area contributed by atoms with E-state index in [-0.39, 0.29) is 0 Å². The first kappa shape index (κ1) is 11.7. The molecule has 0 aliphatic heterocycles. The Kier molecular flexibility index (Phi) is 2.92. The maximum Gasteiger partial charge on any atom is 0.335 e. The van der Waals surface area contributed by atoms with Crippen molar-refractivity contribution >= 4 is 16.9 Å². The molecule has 3 nitrogen and oxygen atoms in total. The second-order valence-electron chi connectivity index (χ2n) is 4.87. The Bertz CT molecular complexity index is 567. The predicted molar refractivity (Wildman–Crippen MR) is 68.5 cm³/mol. The number of hydrogen-bond acceptors (Lipinski definition) is 1. The van der Waals surface area contributed by atoms with Crippen molar-refractivity contribution in [2.24, 2.45) is 5.92 Å². The van der Waals surface area contributed by atoms with Gasteiger partial charge < -0.3 is 9.67 Å². The van der Waals surface area contributed by atoms with E-state index >= 15 is 0 Å². The van der Waals surface area contributed by atoms with Crippen LogP contribution < -0.4 is 0 Å². The molecule has 0 atom stereocenters. The minimum atomic E-state index is -0.873. The number of carbonyl (C=O) groups is 1. The summed E-state index contributed by atoms with van der Waals surface area (Å²) in [4.78, 5) is 11.0. The lowest BCUT2D eigenvalue weighted by Crippen LogP contribution is -2.06. The molecule has 2 aromatic rings. The average molecular weight is 231 g/mol. The molecule has 0 spiro atoms. The Morgan fingerprint density at radius 2 is 2.06 bits per heavy atom. The molecule has 0 radical (unpaired) electrons. The number of aryl methyl sites for hydroxylation is 1. The molecule has 0 amide bonds. The standard InChI is InChI=1S/C14H17NO2/c1-9(2)8-15-10(3)6-11-4-5-12(14(16)17)7-13(11)15/h4-7,9H,8H2,1-3H3,(H,16,17). The van der Waals surface area contributed by atoms with Crippen LogP contribution in [0.5, 0.6) is 0 Å². The molecule has 3 heteroatoms. The summed E-state index contributed by atoms with van der Waals surface area (Å²) in [7, 11) is 0. The SMILES string of the molecule is Cc1cc2ccc(C(=O)O)cc2n1CC(C)C. The molecule has 1 heterocycles. The van der Waals surface area contributed by atoms with Crippen LogP contribution in [0.25, 0.3) is 10.9 Å². The minimum absolute atomic E-state index is 0.348. The van der Waals surface area contributed by atoms with Gasteiger partial charge in [0.2, 0.25) is 0 Å². The molecule has 0 aliphatic carbocycles. The quantitative estimate of drug-likeness (QED) is 0.880. The number of nitrogens with zero attached hydrogens (tertiary/aromatic N) is 1. The molecule has 1 N–H and O–H groups in total.